The van der Waals surface area contributed by atoms with Crippen LogP contribution in [0.4, 0.5) is 10.5 Å². The maximum absolute atomic E-state index is 13.6. The molecule has 2 saturated carbocycles. The van der Waals surface area contributed by atoms with Gasteiger partial charge in [-0.1, -0.05) is 65.2 Å². The molecule has 1 heterocycles. The Hall–Kier alpha value is -2.51. The Kier molecular flexibility index (Phi) is 10.1. The van der Waals surface area contributed by atoms with Crippen LogP contribution < -0.4 is 9.47 Å². The molecule has 0 radical (unpaired) electrons. The van der Waals surface area contributed by atoms with Crippen LogP contribution in [0.15, 0.2) is 12.1 Å². The molecular weight excluding hydrogens is 484 g/mol. The number of nitro groups is 1. The van der Waals surface area contributed by atoms with Crippen molar-refractivity contribution in [2.45, 2.75) is 128 Å². The second-order valence-corrected chi connectivity index (χ2v) is 11.4. The number of hydrogen-bond donors (Lipinski definition) is 0. The fraction of sp³-hybridized carbons (Fsp3) is 0.767. The van der Waals surface area contributed by atoms with Crippen molar-refractivity contribution >= 4 is 11.8 Å². The summed E-state index contributed by atoms with van der Waals surface area (Å²) in [7, 11) is 0. The molecule has 2 aliphatic carbocycles. The third-order valence-corrected chi connectivity index (χ3v) is 8.43. The average molecular weight is 531 g/mol. The molecule has 1 atom stereocenters. The van der Waals surface area contributed by atoms with E-state index in [1.807, 2.05) is 4.90 Å². The molecular formula is C30H46N2O6. The number of hydrogen-bond acceptors (Lipinski definition) is 6. The van der Waals surface area contributed by atoms with Crippen molar-refractivity contribution in [3.8, 4) is 11.5 Å². The summed E-state index contributed by atoms with van der Waals surface area (Å²) < 4.78 is 18.6. The number of amides is 1. The number of benzene rings is 1. The van der Waals surface area contributed by atoms with E-state index in [1.165, 1.54) is 6.07 Å². The fourth-order valence-corrected chi connectivity index (χ4v) is 6.26. The monoisotopic (exact) mass is 530 g/mol. The van der Waals surface area contributed by atoms with Crippen LogP contribution >= 0.6 is 0 Å². The molecule has 8 nitrogen and oxygen atoms in total. The molecule has 212 valence electrons. The standard InChI is InChI=1S/C30H46N2O6/c1-3-5-7-13-19-31(20-14-8-6-4-2)29(33)36-28(23-15-9-10-16-23)24-21-26-27(22-25(24)32(34)35)38-30(37-26)17-11-12-18-30/h21-23,28H,3-20H2,1-2H3. The molecule has 1 aromatic rings. The van der Waals surface area contributed by atoms with Crippen LogP contribution in [-0.4, -0.2) is 34.8 Å². The molecule has 2 fully saturated rings. The normalized spacial score (nSPS) is 18.7. The first-order valence-corrected chi connectivity index (χ1v) is 15.1. The van der Waals surface area contributed by atoms with Crippen LogP contribution in [-0.2, 0) is 4.74 Å². The predicted molar refractivity (Wildman–Crippen MR) is 147 cm³/mol. The maximum atomic E-state index is 13.6. The van der Waals surface area contributed by atoms with E-state index in [-0.39, 0.29) is 22.6 Å². The summed E-state index contributed by atoms with van der Waals surface area (Å²) >= 11 is 0. The van der Waals surface area contributed by atoms with Crippen LogP contribution in [0.1, 0.15) is 128 Å². The lowest BCUT2D eigenvalue weighted by atomic mass is 9.92. The zero-order valence-electron chi connectivity index (χ0n) is 23.4. The highest BCUT2D eigenvalue weighted by atomic mass is 16.7. The van der Waals surface area contributed by atoms with E-state index in [1.54, 1.807) is 6.07 Å². The summed E-state index contributed by atoms with van der Waals surface area (Å²) in [6.45, 7) is 5.67. The van der Waals surface area contributed by atoms with Gasteiger partial charge >= 0.3 is 6.09 Å². The second-order valence-electron chi connectivity index (χ2n) is 11.4. The summed E-state index contributed by atoms with van der Waals surface area (Å²) in [5.74, 6) is 0.303. The Morgan fingerprint density at radius 3 is 2.11 bits per heavy atom. The highest BCUT2D eigenvalue weighted by molar-refractivity contribution is 5.68. The number of unbranched alkanes of at least 4 members (excludes halogenated alkanes) is 6. The van der Waals surface area contributed by atoms with Gasteiger partial charge in [0.2, 0.25) is 0 Å². The van der Waals surface area contributed by atoms with Crippen LogP contribution in [0.2, 0.25) is 0 Å². The molecule has 3 aliphatic rings. The van der Waals surface area contributed by atoms with Crippen molar-refractivity contribution in [2.24, 2.45) is 5.92 Å². The topological polar surface area (TPSA) is 91.1 Å². The van der Waals surface area contributed by atoms with Gasteiger partial charge in [-0.3, -0.25) is 10.1 Å². The Balaban J connectivity index is 1.57. The first-order valence-electron chi connectivity index (χ1n) is 15.1. The van der Waals surface area contributed by atoms with E-state index in [0.29, 0.717) is 30.2 Å². The highest BCUT2D eigenvalue weighted by Gasteiger charge is 2.46. The zero-order chi connectivity index (χ0) is 27.0. The quantitative estimate of drug-likeness (QED) is 0.136. The fourth-order valence-electron chi connectivity index (χ4n) is 6.26. The van der Waals surface area contributed by atoms with Crippen molar-refractivity contribution in [3.63, 3.8) is 0 Å². The minimum Gasteiger partial charge on any atom is -0.448 e. The van der Waals surface area contributed by atoms with Crippen LogP contribution in [0.3, 0.4) is 0 Å². The van der Waals surface area contributed by atoms with Crippen LogP contribution in [0.5, 0.6) is 11.5 Å². The zero-order valence-corrected chi connectivity index (χ0v) is 23.4. The largest absolute Gasteiger partial charge is 0.448 e. The van der Waals surface area contributed by atoms with E-state index in [4.69, 9.17) is 14.2 Å². The number of carbonyl (C=O) groups excluding carboxylic acids is 1. The number of ether oxygens (including phenoxy) is 3. The van der Waals surface area contributed by atoms with Crippen molar-refractivity contribution in [1.29, 1.82) is 0 Å². The Morgan fingerprint density at radius 2 is 1.55 bits per heavy atom. The van der Waals surface area contributed by atoms with Gasteiger partial charge in [0.25, 0.3) is 11.5 Å². The first-order chi connectivity index (χ1) is 18.5. The molecule has 1 amide bonds. The molecule has 0 aromatic heterocycles. The van der Waals surface area contributed by atoms with Gasteiger partial charge in [-0.25, -0.2) is 4.79 Å². The summed E-state index contributed by atoms with van der Waals surface area (Å²) in [6.07, 6.45) is 15.0. The van der Waals surface area contributed by atoms with Crippen LogP contribution in [0.25, 0.3) is 0 Å². The average Bonchev–Trinajstić information content (AvgIpc) is 3.67. The second kappa shape index (κ2) is 13.5. The molecule has 1 spiro atoms. The highest BCUT2D eigenvalue weighted by Crippen LogP contribution is 2.51. The lowest BCUT2D eigenvalue weighted by molar-refractivity contribution is -0.386. The van der Waals surface area contributed by atoms with Gasteiger partial charge in [0.05, 0.1) is 16.6 Å². The van der Waals surface area contributed by atoms with Gasteiger partial charge in [-0.2, -0.15) is 0 Å². The third-order valence-electron chi connectivity index (χ3n) is 8.43. The number of fused-ring (bicyclic) bond motifs is 1. The van der Waals surface area contributed by atoms with Gasteiger partial charge in [-0.05, 0) is 44.6 Å². The summed E-state index contributed by atoms with van der Waals surface area (Å²) in [5.41, 5.74) is 0.383. The molecule has 0 bridgehead atoms. The lowest BCUT2D eigenvalue weighted by Gasteiger charge is -2.29. The maximum Gasteiger partial charge on any atom is 0.410 e. The van der Waals surface area contributed by atoms with E-state index in [2.05, 4.69) is 13.8 Å². The first kappa shape index (κ1) is 28.5. The van der Waals surface area contributed by atoms with Gasteiger partial charge in [-0.15, -0.1) is 0 Å². The van der Waals surface area contributed by atoms with Gasteiger partial charge < -0.3 is 19.1 Å². The summed E-state index contributed by atoms with van der Waals surface area (Å²) in [4.78, 5) is 27.3. The van der Waals surface area contributed by atoms with Gasteiger partial charge in [0.1, 0.15) is 6.10 Å². The van der Waals surface area contributed by atoms with Crippen molar-refractivity contribution < 1.29 is 23.9 Å². The Morgan fingerprint density at radius 1 is 0.974 bits per heavy atom. The van der Waals surface area contributed by atoms with Crippen molar-refractivity contribution in [1.82, 2.24) is 4.90 Å². The molecule has 0 N–H and O–H groups in total. The predicted octanol–water partition coefficient (Wildman–Crippen LogP) is 8.47. The van der Waals surface area contributed by atoms with Crippen molar-refractivity contribution in [2.75, 3.05) is 13.1 Å². The minimum atomic E-state index is -0.706. The van der Waals surface area contributed by atoms with E-state index < -0.39 is 11.9 Å². The molecule has 4 rings (SSSR count). The Bertz CT molecular complexity index is 927. The van der Waals surface area contributed by atoms with Gasteiger partial charge in [0.15, 0.2) is 11.5 Å². The molecule has 1 unspecified atom stereocenters. The molecule has 38 heavy (non-hydrogen) atoms. The number of nitrogens with zero attached hydrogens (tertiary/aromatic N) is 2. The Labute approximate surface area is 227 Å². The van der Waals surface area contributed by atoms with Gasteiger partial charge in [0, 0.05) is 31.8 Å². The lowest BCUT2D eigenvalue weighted by Crippen LogP contribution is -2.35. The summed E-state index contributed by atoms with van der Waals surface area (Å²) in [6, 6.07) is 3.21. The molecule has 1 aromatic carbocycles. The van der Waals surface area contributed by atoms with E-state index in [9.17, 15) is 14.9 Å². The smallest absolute Gasteiger partial charge is 0.410 e. The van der Waals surface area contributed by atoms with E-state index in [0.717, 1.165) is 103 Å². The third kappa shape index (κ3) is 6.92. The SMILES string of the molecule is CCCCCCN(CCCCCC)C(=O)OC(c1cc2c(cc1[N+](=O)[O-])OC1(CCCC1)O2)C1CCCC1. The number of nitro benzene ring substituents is 1. The summed E-state index contributed by atoms with van der Waals surface area (Å²) in [5, 5.41) is 12.2. The van der Waals surface area contributed by atoms with Crippen molar-refractivity contribution in [3.05, 3.63) is 27.8 Å². The number of carbonyl (C=O) groups is 1. The van der Waals surface area contributed by atoms with Crippen LogP contribution in [0, 0.1) is 16.0 Å². The molecule has 8 heteroatoms. The number of rotatable bonds is 14. The minimum absolute atomic E-state index is 0.0514. The van der Waals surface area contributed by atoms with E-state index >= 15 is 0 Å². The molecule has 0 saturated heterocycles. The molecule has 1 aliphatic heterocycles.